The van der Waals surface area contributed by atoms with Crippen molar-refractivity contribution in [2.75, 3.05) is 11.9 Å². The predicted octanol–water partition coefficient (Wildman–Crippen LogP) is 4.25. The highest BCUT2D eigenvalue weighted by Crippen LogP contribution is 2.26. The molecule has 3 aromatic rings. The highest BCUT2D eigenvalue weighted by molar-refractivity contribution is 5.97. The van der Waals surface area contributed by atoms with Gasteiger partial charge in [0, 0.05) is 55.3 Å². The van der Waals surface area contributed by atoms with Gasteiger partial charge in [0.05, 0.1) is 5.69 Å². The zero-order valence-electron chi connectivity index (χ0n) is 16.3. The van der Waals surface area contributed by atoms with Crippen LogP contribution in [0.2, 0.25) is 0 Å². The molecule has 1 amide bonds. The first kappa shape index (κ1) is 19.4. The predicted molar refractivity (Wildman–Crippen MR) is 110 cm³/mol. The quantitative estimate of drug-likeness (QED) is 0.606. The van der Waals surface area contributed by atoms with E-state index in [2.05, 4.69) is 9.97 Å². The summed E-state index contributed by atoms with van der Waals surface area (Å²) < 4.78 is 0. The summed E-state index contributed by atoms with van der Waals surface area (Å²) in [5.74, 6) is 0.0966. The van der Waals surface area contributed by atoms with Gasteiger partial charge in [-0.05, 0) is 54.4 Å². The number of anilines is 1. The molecule has 0 unspecified atom stereocenters. The van der Waals surface area contributed by atoms with Gasteiger partial charge in [-0.15, -0.1) is 0 Å². The molecule has 2 heterocycles. The lowest BCUT2D eigenvalue weighted by atomic mass is 10.0. The molecule has 3 rings (SSSR count). The number of amides is 1. The SMILES string of the molecule is CCC(=O)N(C)c1ccc(-c2ccc(C(=O)Cc3ccncc3)cn2)c(C)c1. The van der Waals surface area contributed by atoms with Gasteiger partial charge in [0.15, 0.2) is 5.78 Å². The summed E-state index contributed by atoms with van der Waals surface area (Å²) in [6, 6.07) is 13.2. The van der Waals surface area contributed by atoms with Crippen molar-refractivity contribution in [1.82, 2.24) is 9.97 Å². The van der Waals surface area contributed by atoms with Gasteiger partial charge in [0.1, 0.15) is 0 Å². The van der Waals surface area contributed by atoms with Crippen molar-refractivity contribution >= 4 is 17.4 Å². The number of rotatable bonds is 6. The summed E-state index contributed by atoms with van der Waals surface area (Å²) in [6.07, 6.45) is 5.78. The molecular formula is C23H23N3O2. The Morgan fingerprint density at radius 1 is 1.04 bits per heavy atom. The topological polar surface area (TPSA) is 63.2 Å². The van der Waals surface area contributed by atoms with Gasteiger partial charge in [-0.3, -0.25) is 19.6 Å². The summed E-state index contributed by atoms with van der Waals surface area (Å²) in [5, 5.41) is 0. The van der Waals surface area contributed by atoms with Crippen molar-refractivity contribution in [1.29, 1.82) is 0 Å². The van der Waals surface area contributed by atoms with Crippen LogP contribution in [0, 0.1) is 6.92 Å². The highest BCUT2D eigenvalue weighted by Gasteiger charge is 2.12. The van der Waals surface area contributed by atoms with Crippen molar-refractivity contribution in [3.05, 3.63) is 77.7 Å². The molecule has 142 valence electrons. The minimum absolute atomic E-state index is 0.0250. The third-order valence-electron chi connectivity index (χ3n) is 4.75. The molecule has 0 radical (unpaired) electrons. The highest BCUT2D eigenvalue weighted by atomic mass is 16.2. The maximum atomic E-state index is 12.4. The lowest BCUT2D eigenvalue weighted by Crippen LogP contribution is -2.25. The molecule has 0 atom stereocenters. The fourth-order valence-electron chi connectivity index (χ4n) is 3.03. The van der Waals surface area contributed by atoms with Gasteiger partial charge < -0.3 is 4.90 Å². The molecule has 0 fully saturated rings. The van der Waals surface area contributed by atoms with Crippen molar-refractivity contribution in [3.8, 4) is 11.3 Å². The second-order valence-corrected chi connectivity index (χ2v) is 6.69. The van der Waals surface area contributed by atoms with Crippen LogP contribution in [-0.4, -0.2) is 28.7 Å². The number of aromatic nitrogens is 2. The molecule has 0 aliphatic heterocycles. The van der Waals surface area contributed by atoms with Crippen LogP contribution in [0.15, 0.2) is 61.1 Å². The van der Waals surface area contributed by atoms with Crippen molar-refractivity contribution in [2.45, 2.75) is 26.7 Å². The molecule has 5 nitrogen and oxygen atoms in total. The van der Waals surface area contributed by atoms with Crippen LogP contribution in [0.25, 0.3) is 11.3 Å². The lowest BCUT2D eigenvalue weighted by molar-refractivity contribution is -0.118. The third kappa shape index (κ3) is 4.31. The summed E-state index contributed by atoms with van der Waals surface area (Å²) in [4.78, 5) is 34.4. The molecule has 2 aromatic heterocycles. The van der Waals surface area contributed by atoms with E-state index in [4.69, 9.17) is 0 Å². The monoisotopic (exact) mass is 373 g/mol. The fraction of sp³-hybridized carbons (Fsp3) is 0.217. The third-order valence-corrected chi connectivity index (χ3v) is 4.75. The zero-order valence-corrected chi connectivity index (χ0v) is 16.3. The van der Waals surface area contributed by atoms with Gasteiger partial charge in [-0.25, -0.2) is 0 Å². The first-order valence-corrected chi connectivity index (χ1v) is 9.25. The number of pyridine rings is 2. The minimum Gasteiger partial charge on any atom is -0.316 e. The number of aryl methyl sites for hydroxylation is 1. The second-order valence-electron chi connectivity index (χ2n) is 6.69. The maximum Gasteiger partial charge on any atom is 0.226 e. The molecule has 0 aliphatic carbocycles. The number of hydrogen-bond donors (Lipinski definition) is 0. The van der Waals surface area contributed by atoms with E-state index in [9.17, 15) is 9.59 Å². The number of nitrogens with zero attached hydrogens (tertiary/aromatic N) is 3. The standard InChI is InChI=1S/C23H23N3O2/c1-4-23(28)26(3)19-6-7-20(16(2)13-19)21-8-5-18(15-25-21)22(27)14-17-9-11-24-12-10-17/h5-13,15H,4,14H2,1-3H3. The van der Waals surface area contributed by atoms with E-state index in [-0.39, 0.29) is 11.7 Å². The normalized spacial score (nSPS) is 10.5. The number of carbonyl (C=O) groups excluding carboxylic acids is 2. The Bertz CT molecular complexity index is 982. The van der Waals surface area contributed by atoms with Crippen LogP contribution in [0.1, 0.15) is 34.8 Å². The Balaban J connectivity index is 1.78. The minimum atomic E-state index is 0.0250. The average molecular weight is 373 g/mol. The molecular weight excluding hydrogens is 350 g/mol. The molecule has 5 heteroatoms. The molecule has 0 saturated carbocycles. The fourth-order valence-corrected chi connectivity index (χ4v) is 3.03. The summed E-state index contributed by atoms with van der Waals surface area (Å²) in [5.41, 5.74) is 5.18. The Hall–Kier alpha value is -3.34. The molecule has 0 bridgehead atoms. The summed E-state index contributed by atoms with van der Waals surface area (Å²) in [7, 11) is 1.78. The van der Waals surface area contributed by atoms with E-state index in [0.29, 0.717) is 18.4 Å². The number of benzene rings is 1. The van der Waals surface area contributed by atoms with Gasteiger partial charge in [0.2, 0.25) is 5.91 Å². The Morgan fingerprint density at radius 2 is 1.79 bits per heavy atom. The largest absolute Gasteiger partial charge is 0.316 e. The zero-order chi connectivity index (χ0) is 20.1. The smallest absolute Gasteiger partial charge is 0.226 e. The summed E-state index contributed by atoms with van der Waals surface area (Å²) in [6.45, 7) is 3.84. The van der Waals surface area contributed by atoms with Crippen LogP contribution < -0.4 is 4.90 Å². The van der Waals surface area contributed by atoms with Gasteiger partial charge in [-0.2, -0.15) is 0 Å². The van der Waals surface area contributed by atoms with E-state index in [1.807, 2.05) is 56.3 Å². The number of carbonyl (C=O) groups is 2. The Kier molecular flexibility index (Phi) is 5.94. The van der Waals surface area contributed by atoms with Crippen LogP contribution in [0.3, 0.4) is 0 Å². The second kappa shape index (κ2) is 8.57. The average Bonchev–Trinajstić information content (AvgIpc) is 2.73. The molecule has 0 aliphatic rings. The molecule has 0 spiro atoms. The van der Waals surface area contributed by atoms with Gasteiger partial charge in [-0.1, -0.05) is 13.0 Å². The molecule has 0 N–H and O–H groups in total. The van der Waals surface area contributed by atoms with E-state index in [1.165, 1.54) is 0 Å². The molecule has 0 saturated heterocycles. The van der Waals surface area contributed by atoms with Crippen LogP contribution in [0.4, 0.5) is 5.69 Å². The Labute approximate surface area is 165 Å². The van der Waals surface area contributed by atoms with E-state index in [0.717, 1.165) is 28.1 Å². The number of Topliss-reactive ketones (excluding diaryl/α,β-unsaturated/α-hetero) is 1. The first-order valence-electron chi connectivity index (χ1n) is 9.25. The Morgan fingerprint density at radius 3 is 2.39 bits per heavy atom. The lowest BCUT2D eigenvalue weighted by Gasteiger charge is -2.18. The number of ketones is 1. The van der Waals surface area contributed by atoms with Crippen molar-refractivity contribution in [2.24, 2.45) is 0 Å². The van der Waals surface area contributed by atoms with Crippen LogP contribution >= 0.6 is 0 Å². The van der Waals surface area contributed by atoms with Gasteiger partial charge >= 0.3 is 0 Å². The molecule has 28 heavy (non-hydrogen) atoms. The maximum absolute atomic E-state index is 12.4. The van der Waals surface area contributed by atoms with Crippen molar-refractivity contribution < 1.29 is 9.59 Å². The van der Waals surface area contributed by atoms with E-state index in [1.54, 1.807) is 30.5 Å². The van der Waals surface area contributed by atoms with Crippen LogP contribution in [0.5, 0.6) is 0 Å². The van der Waals surface area contributed by atoms with Crippen LogP contribution in [-0.2, 0) is 11.2 Å². The van der Waals surface area contributed by atoms with Crippen molar-refractivity contribution in [3.63, 3.8) is 0 Å². The van der Waals surface area contributed by atoms with E-state index < -0.39 is 0 Å². The summed E-state index contributed by atoms with van der Waals surface area (Å²) >= 11 is 0. The number of hydrogen-bond acceptors (Lipinski definition) is 4. The molecule has 1 aromatic carbocycles. The first-order chi connectivity index (χ1) is 13.5. The van der Waals surface area contributed by atoms with Gasteiger partial charge in [0.25, 0.3) is 0 Å². The van der Waals surface area contributed by atoms with E-state index >= 15 is 0 Å².